The lowest BCUT2D eigenvalue weighted by Crippen LogP contribution is -2.14. The zero-order valence-corrected chi connectivity index (χ0v) is 9.71. The van der Waals surface area contributed by atoms with Gasteiger partial charge >= 0.3 is 0 Å². The van der Waals surface area contributed by atoms with E-state index in [1.54, 1.807) is 13.8 Å². The largest absolute Gasteiger partial charge is 0.508 e. The molecule has 4 nitrogen and oxygen atoms in total. The maximum atomic E-state index is 11.9. The molecule has 1 rings (SSSR count). The van der Waals surface area contributed by atoms with Crippen LogP contribution in [0.5, 0.6) is 11.5 Å². The van der Waals surface area contributed by atoms with Gasteiger partial charge < -0.3 is 9.84 Å². The molecule has 0 radical (unpaired) electrons. The van der Waals surface area contributed by atoms with Crippen LogP contribution >= 0.6 is 0 Å². The molecule has 1 N–H and O–H groups in total. The van der Waals surface area contributed by atoms with E-state index >= 15 is 0 Å². The van der Waals surface area contributed by atoms with E-state index in [2.05, 4.69) is 0 Å². The van der Waals surface area contributed by atoms with E-state index in [9.17, 15) is 13.5 Å². The molecule has 0 spiro atoms. The summed E-state index contributed by atoms with van der Waals surface area (Å²) in [5.41, 5.74) is 0. The summed E-state index contributed by atoms with van der Waals surface area (Å²) in [6, 6.07) is 4.02. The van der Waals surface area contributed by atoms with Crippen molar-refractivity contribution in [3.63, 3.8) is 0 Å². The Balaban J connectivity index is 3.42. The summed E-state index contributed by atoms with van der Waals surface area (Å²) in [6.07, 6.45) is 0. The van der Waals surface area contributed by atoms with E-state index in [-0.39, 0.29) is 16.4 Å². The van der Waals surface area contributed by atoms with Crippen LogP contribution in [-0.2, 0) is 9.84 Å². The molecule has 1 aromatic rings. The van der Waals surface area contributed by atoms with Gasteiger partial charge in [0.1, 0.15) is 16.4 Å². The number of benzene rings is 1. The van der Waals surface area contributed by atoms with Gasteiger partial charge in [0.25, 0.3) is 0 Å². The maximum absolute atomic E-state index is 11.9. The Labute approximate surface area is 89.4 Å². The average Bonchev–Trinajstić information content (AvgIpc) is 2.17. The van der Waals surface area contributed by atoms with Crippen LogP contribution in [0.15, 0.2) is 23.1 Å². The number of ether oxygens (including phenoxy) is 1. The molecule has 0 amide bonds. The Morgan fingerprint density at radius 1 is 1.33 bits per heavy atom. The number of methoxy groups -OCH3 is 1. The monoisotopic (exact) mass is 230 g/mol. The molecule has 0 atom stereocenters. The predicted octanol–water partition coefficient (Wildman–Crippen LogP) is 1.58. The SMILES string of the molecule is COc1ccc(O)cc1S(=O)(=O)C(C)C. The van der Waals surface area contributed by atoms with Crippen LogP contribution in [0, 0.1) is 0 Å². The van der Waals surface area contributed by atoms with Gasteiger partial charge in [0.2, 0.25) is 0 Å². The summed E-state index contributed by atoms with van der Waals surface area (Å²) < 4.78 is 28.7. The Bertz CT molecular complexity index is 448. The van der Waals surface area contributed by atoms with Crippen molar-refractivity contribution < 1.29 is 18.3 Å². The van der Waals surface area contributed by atoms with Crippen molar-refractivity contribution in [2.75, 3.05) is 7.11 Å². The highest BCUT2D eigenvalue weighted by molar-refractivity contribution is 7.92. The van der Waals surface area contributed by atoms with Crippen molar-refractivity contribution in [2.45, 2.75) is 24.0 Å². The van der Waals surface area contributed by atoms with Gasteiger partial charge in [0.05, 0.1) is 12.4 Å². The molecule has 0 aromatic heterocycles. The lowest BCUT2D eigenvalue weighted by molar-refractivity contribution is 0.399. The lowest BCUT2D eigenvalue weighted by atomic mass is 10.3. The van der Waals surface area contributed by atoms with Gasteiger partial charge in [-0.1, -0.05) is 0 Å². The number of sulfone groups is 1. The minimum Gasteiger partial charge on any atom is -0.508 e. The Hall–Kier alpha value is -1.23. The standard InChI is InChI=1S/C10H14O4S/c1-7(2)15(12,13)10-6-8(11)4-5-9(10)14-3/h4-7,11H,1-3H3. The summed E-state index contributed by atoms with van der Waals surface area (Å²) >= 11 is 0. The van der Waals surface area contributed by atoms with Crippen LogP contribution in [0.3, 0.4) is 0 Å². The van der Waals surface area contributed by atoms with Crippen molar-refractivity contribution in [3.05, 3.63) is 18.2 Å². The first kappa shape index (κ1) is 11.8. The minimum absolute atomic E-state index is 0.0278. The second kappa shape index (κ2) is 4.10. The molecule has 0 aliphatic rings. The molecule has 84 valence electrons. The second-order valence-electron chi connectivity index (χ2n) is 3.43. The van der Waals surface area contributed by atoms with Crippen LogP contribution in [0.2, 0.25) is 0 Å². The zero-order valence-electron chi connectivity index (χ0n) is 8.89. The Kier molecular flexibility index (Phi) is 3.24. The van der Waals surface area contributed by atoms with Crippen molar-refractivity contribution in [1.29, 1.82) is 0 Å². The number of hydrogen-bond acceptors (Lipinski definition) is 4. The van der Waals surface area contributed by atoms with Crippen LogP contribution in [-0.4, -0.2) is 25.9 Å². The molecule has 0 bridgehead atoms. The van der Waals surface area contributed by atoms with E-state index in [0.717, 1.165) is 0 Å². The number of aromatic hydroxyl groups is 1. The third-order valence-electron chi connectivity index (χ3n) is 2.07. The predicted molar refractivity (Wildman–Crippen MR) is 57.0 cm³/mol. The molecule has 15 heavy (non-hydrogen) atoms. The van der Waals surface area contributed by atoms with Crippen molar-refractivity contribution in [2.24, 2.45) is 0 Å². The van der Waals surface area contributed by atoms with Gasteiger partial charge in [-0.3, -0.25) is 0 Å². The van der Waals surface area contributed by atoms with Gasteiger partial charge in [-0.05, 0) is 26.0 Å². The van der Waals surface area contributed by atoms with Crippen LogP contribution in [0.1, 0.15) is 13.8 Å². The van der Waals surface area contributed by atoms with Crippen LogP contribution in [0.4, 0.5) is 0 Å². The second-order valence-corrected chi connectivity index (χ2v) is 5.90. The van der Waals surface area contributed by atoms with Gasteiger partial charge in [-0.15, -0.1) is 0 Å². The lowest BCUT2D eigenvalue weighted by Gasteiger charge is -2.12. The fourth-order valence-electron chi connectivity index (χ4n) is 1.14. The topological polar surface area (TPSA) is 63.6 Å². The molecular weight excluding hydrogens is 216 g/mol. The van der Waals surface area contributed by atoms with Crippen molar-refractivity contribution >= 4 is 9.84 Å². The smallest absolute Gasteiger partial charge is 0.184 e. The fourth-order valence-corrected chi connectivity index (χ4v) is 2.37. The molecule has 0 aliphatic heterocycles. The molecule has 0 heterocycles. The summed E-state index contributed by atoms with van der Waals surface area (Å²) in [4.78, 5) is 0.0278. The van der Waals surface area contributed by atoms with E-state index in [1.165, 1.54) is 25.3 Å². The first-order valence-electron chi connectivity index (χ1n) is 4.50. The van der Waals surface area contributed by atoms with E-state index in [0.29, 0.717) is 0 Å². The third-order valence-corrected chi connectivity index (χ3v) is 4.25. The van der Waals surface area contributed by atoms with Crippen molar-refractivity contribution in [1.82, 2.24) is 0 Å². The molecule has 0 saturated carbocycles. The highest BCUT2D eigenvalue weighted by atomic mass is 32.2. The number of hydrogen-bond donors (Lipinski definition) is 1. The fraction of sp³-hybridized carbons (Fsp3) is 0.400. The van der Waals surface area contributed by atoms with Gasteiger partial charge in [-0.2, -0.15) is 0 Å². The molecule has 0 fully saturated rings. The normalized spacial score (nSPS) is 11.7. The summed E-state index contributed by atoms with van der Waals surface area (Å²) in [6.45, 7) is 3.16. The number of phenolic OH excluding ortho intramolecular Hbond substituents is 1. The first-order chi connectivity index (χ1) is 6.89. The highest BCUT2D eigenvalue weighted by Crippen LogP contribution is 2.30. The summed E-state index contributed by atoms with van der Waals surface area (Å²) in [5, 5.41) is 8.71. The van der Waals surface area contributed by atoms with Crippen LogP contribution in [0.25, 0.3) is 0 Å². The average molecular weight is 230 g/mol. The van der Waals surface area contributed by atoms with E-state index in [4.69, 9.17) is 4.74 Å². The molecule has 0 unspecified atom stereocenters. The molecule has 0 aliphatic carbocycles. The van der Waals surface area contributed by atoms with E-state index < -0.39 is 15.1 Å². The molecule has 5 heteroatoms. The number of rotatable bonds is 3. The Morgan fingerprint density at radius 2 is 1.93 bits per heavy atom. The molecule has 0 saturated heterocycles. The zero-order chi connectivity index (χ0) is 11.6. The quantitative estimate of drug-likeness (QED) is 0.856. The van der Waals surface area contributed by atoms with Gasteiger partial charge in [0.15, 0.2) is 9.84 Å². The summed E-state index contributed by atoms with van der Waals surface area (Å²) in [7, 11) is -2.03. The first-order valence-corrected chi connectivity index (χ1v) is 6.05. The third kappa shape index (κ3) is 2.23. The van der Waals surface area contributed by atoms with E-state index in [1.807, 2.05) is 0 Å². The summed E-state index contributed by atoms with van der Waals surface area (Å²) in [5.74, 6) is 0.163. The molecular formula is C10H14O4S. The highest BCUT2D eigenvalue weighted by Gasteiger charge is 2.23. The van der Waals surface area contributed by atoms with Gasteiger partial charge in [0, 0.05) is 6.07 Å². The molecule has 1 aromatic carbocycles. The maximum Gasteiger partial charge on any atom is 0.184 e. The minimum atomic E-state index is -3.43. The van der Waals surface area contributed by atoms with Crippen LogP contribution < -0.4 is 4.74 Å². The number of phenols is 1. The Morgan fingerprint density at radius 3 is 2.40 bits per heavy atom. The van der Waals surface area contributed by atoms with Gasteiger partial charge in [-0.25, -0.2) is 8.42 Å². The van der Waals surface area contributed by atoms with Crippen molar-refractivity contribution in [3.8, 4) is 11.5 Å².